The number of fused-ring (bicyclic) bond motifs is 1. The Balaban J connectivity index is 1.66. The molecule has 0 bridgehead atoms. The number of nitrogens with zero attached hydrogens (tertiary/aromatic N) is 1. The lowest BCUT2D eigenvalue weighted by Gasteiger charge is -2.13. The van der Waals surface area contributed by atoms with Crippen molar-refractivity contribution in [2.75, 3.05) is 0 Å². The van der Waals surface area contributed by atoms with E-state index >= 15 is 0 Å². The number of carbonyl (C=O) groups is 1. The van der Waals surface area contributed by atoms with Crippen LogP contribution in [0.1, 0.15) is 17.9 Å². The van der Waals surface area contributed by atoms with E-state index in [0.717, 1.165) is 6.07 Å². The van der Waals surface area contributed by atoms with Crippen LogP contribution in [0.2, 0.25) is 5.15 Å². The first-order chi connectivity index (χ1) is 15.2. The number of rotatable bonds is 5. The molecule has 0 radical (unpaired) electrons. The van der Waals surface area contributed by atoms with Crippen molar-refractivity contribution in [3.05, 3.63) is 81.5 Å². The normalized spacial score (nSPS) is 11.6. The summed E-state index contributed by atoms with van der Waals surface area (Å²) in [6.07, 6.45) is -4.84. The molecule has 0 amide bonds. The van der Waals surface area contributed by atoms with Crippen molar-refractivity contribution in [3.8, 4) is 16.9 Å². The number of ether oxygens (including phenoxy) is 1. The number of alkyl halides is 3. The molecule has 4 rings (SSSR count). The lowest BCUT2D eigenvalue weighted by Crippen LogP contribution is -2.16. The van der Waals surface area contributed by atoms with Crippen LogP contribution in [0.25, 0.3) is 22.1 Å². The first-order valence-corrected chi connectivity index (χ1v) is 9.65. The summed E-state index contributed by atoms with van der Waals surface area (Å²) in [6.45, 7) is 0. The Hall–Kier alpha value is -3.59. The van der Waals surface area contributed by atoms with Crippen molar-refractivity contribution in [2.45, 2.75) is 19.0 Å². The molecule has 2 heterocycles. The van der Waals surface area contributed by atoms with Gasteiger partial charge in [0, 0.05) is 18.6 Å². The number of aromatic nitrogens is 1. The van der Waals surface area contributed by atoms with Gasteiger partial charge in [0.1, 0.15) is 17.1 Å². The van der Waals surface area contributed by atoms with Crippen molar-refractivity contribution in [2.24, 2.45) is 0 Å². The third-order valence-corrected chi connectivity index (χ3v) is 4.70. The third kappa shape index (κ3) is 4.52. The maximum absolute atomic E-state index is 13.7. The van der Waals surface area contributed by atoms with E-state index < -0.39 is 28.9 Å². The molecule has 0 saturated heterocycles. The van der Waals surface area contributed by atoms with E-state index in [2.05, 4.69) is 5.16 Å². The van der Waals surface area contributed by atoms with E-state index in [4.69, 9.17) is 25.3 Å². The van der Waals surface area contributed by atoms with Crippen LogP contribution in [0, 0.1) is 0 Å². The zero-order valence-electron chi connectivity index (χ0n) is 16.1. The predicted octanol–water partition coefficient (Wildman–Crippen LogP) is 5.66. The van der Waals surface area contributed by atoms with Crippen LogP contribution in [0.4, 0.5) is 13.2 Å². The van der Waals surface area contributed by atoms with Crippen molar-refractivity contribution in [1.29, 1.82) is 0 Å². The fraction of sp³-hybridized carbons (Fsp3) is 0.136. The number of hydrogen-bond donors (Lipinski definition) is 0. The van der Waals surface area contributed by atoms with Crippen LogP contribution in [-0.2, 0) is 17.4 Å². The molecule has 2 aromatic heterocycles. The summed E-state index contributed by atoms with van der Waals surface area (Å²) in [6, 6.07) is 12.5. The molecule has 32 heavy (non-hydrogen) atoms. The quantitative estimate of drug-likeness (QED) is 0.280. The molecule has 10 heteroatoms. The summed E-state index contributed by atoms with van der Waals surface area (Å²) in [5, 5.41) is 3.55. The van der Waals surface area contributed by atoms with Crippen molar-refractivity contribution < 1.29 is 31.6 Å². The molecule has 0 aliphatic rings. The summed E-state index contributed by atoms with van der Waals surface area (Å²) in [5.74, 6) is -1.79. The fourth-order valence-electron chi connectivity index (χ4n) is 3.12. The van der Waals surface area contributed by atoms with Crippen LogP contribution < -0.4 is 10.2 Å². The Morgan fingerprint density at radius 2 is 1.84 bits per heavy atom. The average Bonchev–Trinajstić information content (AvgIpc) is 3.17. The summed E-state index contributed by atoms with van der Waals surface area (Å²) in [7, 11) is 0. The van der Waals surface area contributed by atoms with E-state index in [1.54, 1.807) is 6.07 Å². The second-order valence-corrected chi connectivity index (χ2v) is 7.13. The van der Waals surface area contributed by atoms with Gasteiger partial charge in [-0.2, -0.15) is 13.2 Å². The van der Waals surface area contributed by atoms with Gasteiger partial charge in [0.2, 0.25) is 11.2 Å². The van der Waals surface area contributed by atoms with Gasteiger partial charge in [-0.15, -0.1) is 0 Å². The molecule has 0 aliphatic carbocycles. The number of benzene rings is 2. The summed E-state index contributed by atoms with van der Waals surface area (Å²) >= 11 is 5.63. The Bertz CT molecular complexity index is 1350. The van der Waals surface area contributed by atoms with Crippen LogP contribution in [0.15, 0.2) is 68.3 Å². The number of halogens is 4. The van der Waals surface area contributed by atoms with E-state index in [0.29, 0.717) is 5.76 Å². The Morgan fingerprint density at radius 3 is 2.50 bits per heavy atom. The van der Waals surface area contributed by atoms with Gasteiger partial charge in [-0.25, -0.2) is 0 Å². The van der Waals surface area contributed by atoms with Gasteiger partial charge < -0.3 is 13.7 Å². The molecule has 0 aliphatic heterocycles. The molecule has 6 nitrogen and oxygen atoms in total. The summed E-state index contributed by atoms with van der Waals surface area (Å²) in [5.41, 5.74) is -1.70. The molecule has 0 unspecified atom stereocenters. The van der Waals surface area contributed by atoms with Gasteiger partial charge in [-0.3, -0.25) is 9.59 Å². The SMILES string of the molecule is O=C(CCc1cc(Cl)no1)Oc1ccc2c(=O)c(-c3ccccc3)c(C(F)(F)F)oc2c1. The van der Waals surface area contributed by atoms with E-state index in [1.165, 1.54) is 42.5 Å². The van der Waals surface area contributed by atoms with Crippen molar-refractivity contribution >= 4 is 28.5 Å². The second kappa shape index (κ2) is 8.51. The smallest absolute Gasteiger partial charge is 0.450 e. The molecule has 0 N–H and O–H groups in total. The highest BCUT2D eigenvalue weighted by atomic mass is 35.5. The molecule has 0 saturated carbocycles. The molecule has 0 spiro atoms. The number of carbonyl (C=O) groups excluding carboxylic acids is 1. The average molecular weight is 464 g/mol. The molecule has 164 valence electrons. The molecule has 0 atom stereocenters. The van der Waals surface area contributed by atoms with Gasteiger partial charge in [0.25, 0.3) is 0 Å². The van der Waals surface area contributed by atoms with Gasteiger partial charge in [-0.1, -0.05) is 47.1 Å². The van der Waals surface area contributed by atoms with Gasteiger partial charge in [0.15, 0.2) is 5.15 Å². The van der Waals surface area contributed by atoms with Crippen LogP contribution in [0.3, 0.4) is 0 Å². The summed E-state index contributed by atoms with van der Waals surface area (Å²) in [4.78, 5) is 25.0. The monoisotopic (exact) mass is 463 g/mol. The minimum Gasteiger partial charge on any atom is -0.450 e. The highest BCUT2D eigenvalue weighted by molar-refractivity contribution is 6.29. The van der Waals surface area contributed by atoms with Gasteiger partial charge in [-0.05, 0) is 17.7 Å². The van der Waals surface area contributed by atoms with Crippen LogP contribution in [-0.4, -0.2) is 11.1 Å². The third-order valence-electron chi connectivity index (χ3n) is 4.52. The van der Waals surface area contributed by atoms with Crippen molar-refractivity contribution in [1.82, 2.24) is 5.16 Å². The summed E-state index contributed by atoms with van der Waals surface area (Å²) < 4.78 is 56.2. The van der Waals surface area contributed by atoms with E-state index in [-0.39, 0.29) is 40.3 Å². The van der Waals surface area contributed by atoms with Crippen LogP contribution in [0.5, 0.6) is 5.75 Å². The Labute approximate surface area is 183 Å². The Morgan fingerprint density at radius 1 is 1.09 bits per heavy atom. The van der Waals surface area contributed by atoms with Gasteiger partial charge in [0.05, 0.1) is 17.4 Å². The predicted molar refractivity (Wildman–Crippen MR) is 108 cm³/mol. The number of esters is 1. The largest absolute Gasteiger partial charge is 0.450 e. The highest BCUT2D eigenvalue weighted by Crippen LogP contribution is 2.37. The van der Waals surface area contributed by atoms with Crippen LogP contribution >= 0.6 is 11.6 Å². The lowest BCUT2D eigenvalue weighted by molar-refractivity contribution is -0.152. The maximum Gasteiger partial charge on any atom is 0.450 e. The van der Waals surface area contributed by atoms with Gasteiger partial charge >= 0.3 is 12.1 Å². The first-order valence-electron chi connectivity index (χ1n) is 9.27. The lowest BCUT2D eigenvalue weighted by atomic mass is 10.0. The molecular formula is C22H13ClF3NO5. The number of hydrogen-bond acceptors (Lipinski definition) is 6. The standard InChI is InChI=1S/C22H13ClF3NO5/c23-17-11-14(32-27-17)7-9-18(28)30-13-6-8-15-16(10-13)31-21(22(24,25)26)19(20(15)29)12-4-2-1-3-5-12/h1-6,8,10-11H,7,9H2. The van der Waals surface area contributed by atoms with E-state index in [1.807, 2.05) is 0 Å². The minimum absolute atomic E-state index is 0.0677. The minimum atomic E-state index is -4.91. The molecule has 4 aromatic rings. The zero-order valence-corrected chi connectivity index (χ0v) is 16.9. The first kappa shape index (κ1) is 21.6. The highest BCUT2D eigenvalue weighted by Gasteiger charge is 2.39. The zero-order chi connectivity index (χ0) is 22.9. The number of aryl methyl sites for hydroxylation is 1. The molecular weight excluding hydrogens is 451 g/mol. The molecule has 0 fully saturated rings. The second-order valence-electron chi connectivity index (χ2n) is 6.75. The maximum atomic E-state index is 13.7. The Kier molecular flexibility index (Phi) is 5.75. The molecule has 2 aromatic carbocycles. The van der Waals surface area contributed by atoms with E-state index in [9.17, 15) is 22.8 Å². The fourth-order valence-corrected chi connectivity index (χ4v) is 3.27. The topological polar surface area (TPSA) is 82.5 Å². The van der Waals surface area contributed by atoms with Crippen molar-refractivity contribution in [3.63, 3.8) is 0 Å².